The number of fused-ring (bicyclic) bond motifs is 8. The molecule has 0 saturated carbocycles. The van der Waals surface area contributed by atoms with E-state index in [9.17, 15) is 19.2 Å². The Morgan fingerprint density at radius 2 is 0.827 bits per heavy atom. The fraction of sp³-hybridized carbons (Fsp3) is 0.800. The fourth-order valence-corrected chi connectivity index (χ4v) is 10.5. The third kappa shape index (κ3) is 9.10. The number of methoxy groups -OCH3 is 4. The first kappa shape index (κ1) is 40.4. The van der Waals surface area contributed by atoms with Crippen LogP contribution < -0.4 is 21.3 Å². The average Bonchev–Trinajstić information content (AvgIpc) is 3.80. The van der Waals surface area contributed by atoms with Gasteiger partial charge in [0.05, 0.1) is 28.4 Å². The summed E-state index contributed by atoms with van der Waals surface area (Å²) >= 11 is 0. The SMILES string of the molecule is COC(=O)CCC1=C(C)C2CC3NC(CC4NC(CC5NC(CC1N2)C(C)C5CCC(=O)OC)C(C)=C4CCC(=O)OC)C(CCC(=O)OC)C3C. The Balaban J connectivity index is 1.51. The molecule has 5 aliphatic rings. The van der Waals surface area contributed by atoms with Gasteiger partial charge in [-0.1, -0.05) is 36.1 Å². The molecule has 0 aromatic heterocycles. The van der Waals surface area contributed by atoms with E-state index in [1.54, 1.807) is 0 Å². The summed E-state index contributed by atoms with van der Waals surface area (Å²) in [6.07, 6.45) is 7.72. The van der Waals surface area contributed by atoms with Crippen molar-refractivity contribution in [1.82, 2.24) is 21.3 Å². The molecule has 0 spiro atoms. The predicted molar refractivity (Wildman–Crippen MR) is 197 cm³/mol. The topological polar surface area (TPSA) is 153 Å². The van der Waals surface area contributed by atoms with Gasteiger partial charge in [0, 0.05) is 74.0 Å². The molecule has 292 valence electrons. The van der Waals surface area contributed by atoms with E-state index in [4.69, 9.17) is 18.9 Å². The summed E-state index contributed by atoms with van der Waals surface area (Å²) in [5.74, 6) is 0.408. The molecule has 4 N–H and O–H groups in total. The minimum Gasteiger partial charge on any atom is -0.469 e. The number of rotatable bonds is 12. The normalized spacial score (nSPS) is 35.8. The molecule has 12 heteroatoms. The highest BCUT2D eigenvalue weighted by molar-refractivity contribution is 5.70. The van der Waals surface area contributed by atoms with Crippen molar-refractivity contribution in [3.05, 3.63) is 22.3 Å². The van der Waals surface area contributed by atoms with Gasteiger partial charge in [-0.15, -0.1) is 0 Å². The van der Waals surface area contributed by atoms with Crippen LogP contribution in [0, 0.1) is 23.7 Å². The lowest BCUT2D eigenvalue weighted by Gasteiger charge is -2.28. The Bertz CT molecular complexity index is 1380. The van der Waals surface area contributed by atoms with Crippen molar-refractivity contribution in [2.75, 3.05) is 28.4 Å². The highest BCUT2D eigenvalue weighted by Gasteiger charge is 2.48. The van der Waals surface area contributed by atoms with Crippen LogP contribution in [0.25, 0.3) is 0 Å². The van der Waals surface area contributed by atoms with E-state index in [2.05, 4.69) is 49.0 Å². The van der Waals surface area contributed by atoms with Crippen molar-refractivity contribution in [2.24, 2.45) is 23.7 Å². The van der Waals surface area contributed by atoms with E-state index in [1.807, 2.05) is 0 Å². The van der Waals surface area contributed by atoms with Crippen LogP contribution in [0.3, 0.4) is 0 Å². The molecule has 0 aromatic rings. The summed E-state index contributed by atoms with van der Waals surface area (Å²) in [7, 11) is 5.79. The average molecular weight is 729 g/mol. The molecule has 12 atom stereocenters. The summed E-state index contributed by atoms with van der Waals surface area (Å²) in [4.78, 5) is 49.5. The van der Waals surface area contributed by atoms with Crippen molar-refractivity contribution < 1.29 is 38.1 Å². The largest absolute Gasteiger partial charge is 0.469 e. The zero-order valence-electron chi connectivity index (χ0n) is 32.7. The van der Waals surface area contributed by atoms with E-state index >= 15 is 0 Å². The maximum absolute atomic E-state index is 12.4. The van der Waals surface area contributed by atoms with Gasteiger partial charge in [0.15, 0.2) is 0 Å². The molecule has 12 unspecified atom stereocenters. The van der Waals surface area contributed by atoms with Gasteiger partial charge in [-0.3, -0.25) is 19.2 Å². The quantitative estimate of drug-likeness (QED) is 0.131. The number of carbonyl (C=O) groups excluding carboxylic acids is 4. The lowest BCUT2D eigenvalue weighted by Crippen LogP contribution is -2.46. The zero-order chi connectivity index (χ0) is 37.7. The molecular formula is C40H64N4O8. The summed E-state index contributed by atoms with van der Waals surface area (Å²) in [5.41, 5.74) is 5.20. The van der Waals surface area contributed by atoms with Crippen molar-refractivity contribution in [2.45, 2.75) is 153 Å². The van der Waals surface area contributed by atoms with Crippen LogP contribution in [0.1, 0.15) is 105 Å². The number of ether oxygens (including phenoxy) is 4. The van der Waals surface area contributed by atoms with E-state index < -0.39 is 0 Å². The van der Waals surface area contributed by atoms with Crippen molar-refractivity contribution in [3.8, 4) is 0 Å². The number of hydrogen-bond donors (Lipinski definition) is 4. The van der Waals surface area contributed by atoms with Crippen molar-refractivity contribution in [1.29, 1.82) is 0 Å². The third-order valence-electron chi connectivity index (χ3n) is 13.6. The molecule has 0 aliphatic carbocycles. The van der Waals surface area contributed by atoms with Crippen LogP contribution in [0.2, 0.25) is 0 Å². The number of esters is 4. The molecule has 8 bridgehead atoms. The van der Waals surface area contributed by atoms with E-state index in [-0.39, 0.29) is 84.0 Å². The predicted octanol–water partition coefficient (Wildman–Crippen LogP) is 3.87. The first-order valence-corrected chi connectivity index (χ1v) is 19.6. The number of nitrogens with one attached hydrogen (secondary N) is 4. The summed E-state index contributed by atoms with van der Waals surface area (Å²) in [6.45, 7) is 9.08. The highest BCUT2D eigenvalue weighted by Crippen LogP contribution is 2.43. The molecule has 0 aromatic carbocycles. The summed E-state index contributed by atoms with van der Waals surface area (Å²) in [6, 6.07) is 1.24. The van der Waals surface area contributed by atoms with Gasteiger partial charge in [-0.25, -0.2) is 0 Å². The van der Waals surface area contributed by atoms with Gasteiger partial charge < -0.3 is 40.2 Å². The Morgan fingerprint density at radius 3 is 1.21 bits per heavy atom. The fourth-order valence-electron chi connectivity index (χ4n) is 10.5. The number of carbonyl (C=O) groups is 4. The molecule has 52 heavy (non-hydrogen) atoms. The zero-order valence-corrected chi connectivity index (χ0v) is 32.7. The van der Waals surface area contributed by atoms with Crippen molar-refractivity contribution in [3.63, 3.8) is 0 Å². The van der Waals surface area contributed by atoms with E-state index in [0.29, 0.717) is 50.4 Å². The molecule has 12 nitrogen and oxygen atoms in total. The maximum atomic E-state index is 12.4. The van der Waals surface area contributed by atoms with E-state index in [1.165, 1.54) is 50.7 Å². The van der Waals surface area contributed by atoms with Gasteiger partial charge in [0.2, 0.25) is 0 Å². The minimum absolute atomic E-state index is 0.0790. The molecule has 3 fully saturated rings. The van der Waals surface area contributed by atoms with Gasteiger partial charge in [0.1, 0.15) is 0 Å². The molecule has 5 rings (SSSR count). The Morgan fingerprint density at radius 1 is 0.500 bits per heavy atom. The van der Waals surface area contributed by atoms with Gasteiger partial charge in [0.25, 0.3) is 0 Å². The lowest BCUT2D eigenvalue weighted by molar-refractivity contribution is -0.141. The second kappa shape index (κ2) is 18.0. The van der Waals surface area contributed by atoms with Gasteiger partial charge in [-0.2, -0.15) is 0 Å². The first-order chi connectivity index (χ1) is 24.9. The van der Waals surface area contributed by atoms with Crippen LogP contribution in [0.5, 0.6) is 0 Å². The Labute approximate surface area is 310 Å². The Kier molecular flexibility index (Phi) is 14.0. The van der Waals surface area contributed by atoms with Crippen LogP contribution in [0.4, 0.5) is 0 Å². The molecule has 5 aliphatic heterocycles. The molecular weight excluding hydrogens is 664 g/mol. The van der Waals surface area contributed by atoms with Crippen LogP contribution >= 0.6 is 0 Å². The first-order valence-electron chi connectivity index (χ1n) is 19.6. The number of hydrogen-bond acceptors (Lipinski definition) is 12. The second-order valence-corrected chi connectivity index (χ2v) is 16.1. The van der Waals surface area contributed by atoms with Gasteiger partial charge >= 0.3 is 23.9 Å². The lowest BCUT2D eigenvalue weighted by atomic mass is 9.80. The standard InChI is InChI=1S/C40H64N4O8/c1-21-25(9-13-37(45)49-5)33-18-31-23(3)26(10-14-38(46)50-6)34(43-31)19-32-24(4)28(12-16-40(48)52-8)36(44-32)20-35-27(11-15-39(47)51-7)22(2)30(42-35)17-29(21)41-33/h22-23,26-27,29-36,41-44H,9-20H2,1-8H3. The molecule has 0 radical (unpaired) electrons. The monoisotopic (exact) mass is 728 g/mol. The Hall–Kier alpha value is -2.80. The van der Waals surface area contributed by atoms with Crippen molar-refractivity contribution >= 4 is 23.9 Å². The van der Waals surface area contributed by atoms with E-state index in [0.717, 1.165) is 38.5 Å². The van der Waals surface area contributed by atoms with Gasteiger partial charge in [-0.05, 0) is 88.9 Å². The smallest absolute Gasteiger partial charge is 0.305 e. The summed E-state index contributed by atoms with van der Waals surface area (Å²) in [5, 5.41) is 16.2. The molecule has 3 saturated heterocycles. The minimum atomic E-state index is -0.210. The highest BCUT2D eigenvalue weighted by atomic mass is 16.5. The maximum Gasteiger partial charge on any atom is 0.305 e. The summed E-state index contributed by atoms with van der Waals surface area (Å²) < 4.78 is 20.2. The molecule has 0 amide bonds. The second-order valence-electron chi connectivity index (χ2n) is 16.1. The van der Waals surface area contributed by atoms with Crippen LogP contribution in [0.15, 0.2) is 22.3 Å². The van der Waals surface area contributed by atoms with Crippen LogP contribution in [-0.4, -0.2) is 101 Å². The van der Waals surface area contributed by atoms with Crippen LogP contribution in [-0.2, 0) is 38.1 Å². The molecule has 5 heterocycles. The third-order valence-corrected chi connectivity index (χ3v) is 13.6.